The highest BCUT2D eigenvalue weighted by Gasteiger charge is 2.14. The van der Waals surface area contributed by atoms with Crippen molar-refractivity contribution in [1.82, 2.24) is 9.97 Å². The molecule has 2 N–H and O–H groups in total. The van der Waals surface area contributed by atoms with Gasteiger partial charge >= 0.3 is 0 Å². The fourth-order valence-corrected chi connectivity index (χ4v) is 2.38. The summed E-state index contributed by atoms with van der Waals surface area (Å²) in [6, 6.07) is 13.9. The number of benzene rings is 2. The maximum atomic E-state index is 6.37. The van der Waals surface area contributed by atoms with Crippen molar-refractivity contribution in [3.05, 3.63) is 71.0 Å². The summed E-state index contributed by atoms with van der Waals surface area (Å²) >= 11 is 0. The molecule has 0 aliphatic carbocycles. The van der Waals surface area contributed by atoms with Crippen molar-refractivity contribution in [2.45, 2.75) is 19.9 Å². The van der Waals surface area contributed by atoms with E-state index in [9.17, 15) is 0 Å². The van der Waals surface area contributed by atoms with Gasteiger partial charge in [-0.1, -0.05) is 35.9 Å². The van der Waals surface area contributed by atoms with Crippen molar-refractivity contribution >= 4 is 11.0 Å². The van der Waals surface area contributed by atoms with Gasteiger partial charge in [-0.25, -0.2) is 4.98 Å². The molecule has 1 aromatic heterocycles. The summed E-state index contributed by atoms with van der Waals surface area (Å²) in [5, 5.41) is 0. The van der Waals surface area contributed by atoms with Gasteiger partial charge in [0.25, 0.3) is 0 Å². The van der Waals surface area contributed by atoms with Crippen LogP contribution in [0.4, 0.5) is 0 Å². The molecule has 0 saturated carbocycles. The Kier molecular flexibility index (Phi) is 3.20. The second-order valence-electron chi connectivity index (χ2n) is 5.12. The van der Waals surface area contributed by atoms with E-state index in [4.69, 9.17) is 5.73 Å². The fraction of sp³-hybridized carbons (Fsp3) is 0.176. The molecule has 0 aliphatic heterocycles. The zero-order valence-electron chi connectivity index (χ0n) is 11.7. The van der Waals surface area contributed by atoms with Gasteiger partial charge < -0.3 is 5.73 Å². The Morgan fingerprint density at radius 1 is 1.00 bits per heavy atom. The maximum Gasteiger partial charge on any atom is 0.0890 e. The largest absolute Gasteiger partial charge is 0.319 e. The van der Waals surface area contributed by atoms with Crippen molar-refractivity contribution in [3.63, 3.8) is 0 Å². The van der Waals surface area contributed by atoms with Crippen LogP contribution >= 0.6 is 0 Å². The van der Waals surface area contributed by atoms with E-state index in [1.807, 2.05) is 24.3 Å². The Morgan fingerprint density at radius 3 is 2.55 bits per heavy atom. The first-order valence-corrected chi connectivity index (χ1v) is 6.69. The van der Waals surface area contributed by atoms with Gasteiger partial charge in [0.05, 0.1) is 29.0 Å². The van der Waals surface area contributed by atoms with Crippen LogP contribution < -0.4 is 5.73 Å². The lowest BCUT2D eigenvalue weighted by atomic mass is 9.97. The number of rotatable bonds is 2. The van der Waals surface area contributed by atoms with E-state index >= 15 is 0 Å². The summed E-state index contributed by atoms with van der Waals surface area (Å²) in [7, 11) is 0. The summed E-state index contributed by atoms with van der Waals surface area (Å²) in [5.41, 5.74) is 12.4. The summed E-state index contributed by atoms with van der Waals surface area (Å²) in [5.74, 6) is 0. The summed E-state index contributed by atoms with van der Waals surface area (Å²) in [4.78, 5) is 9.07. The molecule has 3 nitrogen and oxygen atoms in total. The predicted molar refractivity (Wildman–Crippen MR) is 81.5 cm³/mol. The van der Waals surface area contributed by atoms with Crippen LogP contribution in [-0.4, -0.2) is 9.97 Å². The van der Waals surface area contributed by atoms with Crippen molar-refractivity contribution in [3.8, 4) is 0 Å². The van der Waals surface area contributed by atoms with Gasteiger partial charge in [-0.2, -0.15) is 0 Å². The lowest BCUT2D eigenvalue weighted by Crippen LogP contribution is -2.15. The van der Waals surface area contributed by atoms with E-state index in [2.05, 4.69) is 42.0 Å². The topological polar surface area (TPSA) is 51.8 Å². The molecule has 0 fully saturated rings. The van der Waals surface area contributed by atoms with Gasteiger partial charge in [-0.3, -0.25) is 4.98 Å². The van der Waals surface area contributed by atoms with Crippen LogP contribution in [0.2, 0.25) is 0 Å². The average Bonchev–Trinajstić information content (AvgIpc) is 2.48. The molecule has 0 bridgehead atoms. The minimum Gasteiger partial charge on any atom is -0.319 e. The molecule has 1 atom stereocenters. The monoisotopic (exact) mass is 263 g/mol. The van der Waals surface area contributed by atoms with Gasteiger partial charge in [0.1, 0.15) is 0 Å². The van der Waals surface area contributed by atoms with Crippen molar-refractivity contribution < 1.29 is 0 Å². The van der Waals surface area contributed by atoms with E-state index < -0.39 is 0 Å². The quantitative estimate of drug-likeness (QED) is 0.771. The number of nitrogens with two attached hydrogens (primary N) is 1. The number of para-hydroxylation sites is 2. The highest BCUT2D eigenvalue weighted by atomic mass is 14.8. The third-order valence-electron chi connectivity index (χ3n) is 3.56. The average molecular weight is 263 g/mol. The molecular formula is C17H17N3. The molecule has 0 amide bonds. The summed E-state index contributed by atoms with van der Waals surface area (Å²) in [6.07, 6.45) is 1.77. The molecule has 3 rings (SSSR count). The van der Waals surface area contributed by atoms with Crippen molar-refractivity contribution in [2.24, 2.45) is 5.73 Å². The lowest BCUT2D eigenvalue weighted by molar-refractivity contribution is 0.819. The van der Waals surface area contributed by atoms with Crippen LogP contribution in [0.25, 0.3) is 11.0 Å². The highest BCUT2D eigenvalue weighted by Crippen LogP contribution is 2.23. The molecular weight excluding hydrogens is 246 g/mol. The molecule has 20 heavy (non-hydrogen) atoms. The SMILES string of the molecule is Cc1ccc(C)c(C(N)c2cnc3ccccc3n2)c1. The first-order valence-electron chi connectivity index (χ1n) is 6.69. The second-order valence-corrected chi connectivity index (χ2v) is 5.12. The Hall–Kier alpha value is -2.26. The standard InChI is InChI=1S/C17H17N3/c1-11-7-8-12(2)13(9-11)17(18)16-10-19-14-5-3-4-6-15(14)20-16/h3-10,17H,18H2,1-2H3. The molecule has 0 aliphatic rings. The second kappa shape index (κ2) is 5.02. The Balaban J connectivity index is 2.07. The molecule has 1 heterocycles. The molecule has 0 saturated heterocycles. The minimum absolute atomic E-state index is 0.244. The number of fused-ring (bicyclic) bond motifs is 1. The summed E-state index contributed by atoms with van der Waals surface area (Å²) in [6.45, 7) is 4.14. The van der Waals surface area contributed by atoms with Gasteiger partial charge in [0, 0.05) is 0 Å². The highest BCUT2D eigenvalue weighted by molar-refractivity contribution is 5.73. The van der Waals surface area contributed by atoms with Gasteiger partial charge in [0.2, 0.25) is 0 Å². The predicted octanol–water partition coefficient (Wildman–Crippen LogP) is 3.29. The molecule has 1 unspecified atom stereocenters. The molecule has 3 aromatic rings. The number of hydrogen-bond acceptors (Lipinski definition) is 3. The lowest BCUT2D eigenvalue weighted by Gasteiger charge is -2.15. The van der Waals surface area contributed by atoms with Crippen molar-refractivity contribution in [1.29, 1.82) is 0 Å². The Bertz CT molecular complexity index is 765. The fourth-order valence-electron chi connectivity index (χ4n) is 2.38. The van der Waals surface area contributed by atoms with Gasteiger partial charge in [-0.05, 0) is 37.1 Å². The van der Waals surface area contributed by atoms with E-state index in [-0.39, 0.29) is 6.04 Å². The van der Waals surface area contributed by atoms with Crippen LogP contribution in [0.3, 0.4) is 0 Å². The van der Waals surface area contributed by atoms with E-state index in [1.54, 1.807) is 6.20 Å². The number of hydrogen-bond donors (Lipinski definition) is 1. The molecule has 100 valence electrons. The van der Waals surface area contributed by atoms with Crippen LogP contribution in [0.5, 0.6) is 0 Å². The summed E-state index contributed by atoms with van der Waals surface area (Å²) < 4.78 is 0. The van der Waals surface area contributed by atoms with E-state index in [1.165, 1.54) is 11.1 Å². The molecule has 3 heteroatoms. The van der Waals surface area contributed by atoms with Crippen LogP contribution in [0.1, 0.15) is 28.4 Å². The third kappa shape index (κ3) is 2.28. The van der Waals surface area contributed by atoms with E-state index in [0.717, 1.165) is 22.3 Å². The first-order chi connectivity index (χ1) is 9.65. The number of aromatic nitrogens is 2. The minimum atomic E-state index is -0.244. The van der Waals surface area contributed by atoms with Crippen LogP contribution in [0, 0.1) is 13.8 Å². The smallest absolute Gasteiger partial charge is 0.0890 e. The molecule has 0 radical (unpaired) electrons. The number of aryl methyl sites for hydroxylation is 2. The maximum absolute atomic E-state index is 6.37. The Morgan fingerprint density at radius 2 is 1.75 bits per heavy atom. The molecule has 0 spiro atoms. The Labute approximate surface area is 118 Å². The molecule has 2 aromatic carbocycles. The van der Waals surface area contributed by atoms with Crippen molar-refractivity contribution in [2.75, 3.05) is 0 Å². The zero-order chi connectivity index (χ0) is 14.1. The number of nitrogens with zero attached hydrogens (tertiary/aromatic N) is 2. The van der Waals surface area contributed by atoms with Crippen LogP contribution in [-0.2, 0) is 0 Å². The van der Waals surface area contributed by atoms with Gasteiger partial charge in [0.15, 0.2) is 0 Å². The van der Waals surface area contributed by atoms with Crippen LogP contribution in [0.15, 0.2) is 48.7 Å². The third-order valence-corrected chi connectivity index (χ3v) is 3.56. The zero-order valence-corrected chi connectivity index (χ0v) is 11.7. The van der Waals surface area contributed by atoms with E-state index in [0.29, 0.717) is 0 Å². The normalized spacial score (nSPS) is 12.6. The first kappa shape index (κ1) is 12.8. The van der Waals surface area contributed by atoms with Gasteiger partial charge in [-0.15, -0.1) is 0 Å².